The third kappa shape index (κ3) is 1.10. The first kappa shape index (κ1) is 8.48. The molecule has 0 amide bonds. The molecular weight excluding hydrogens is 168 g/mol. The van der Waals surface area contributed by atoms with Crippen molar-refractivity contribution in [3.8, 4) is 0 Å². The second kappa shape index (κ2) is 2.69. The van der Waals surface area contributed by atoms with E-state index in [1.807, 2.05) is 6.92 Å². The molecule has 1 aliphatic carbocycles. The minimum atomic E-state index is -0.450. The number of rotatable bonds is 0. The molecule has 0 bridgehead atoms. The van der Waals surface area contributed by atoms with Crippen molar-refractivity contribution in [2.75, 3.05) is 6.61 Å². The van der Waals surface area contributed by atoms with Gasteiger partial charge in [0, 0.05) is 12.8 Å². The number of esters is 1. The standard InChI is InChI=1S/C10H12O3/c1-7-6-8(11)2-3-10(7)4-5-13-9(10)12/h6H,2-5H2,1H3/t10-/m0/s1. The number of hydrogen-bond donors (Lipinski definition) is 0. The van der Waals surface area contributed by atoms with Crippen LogP contribution in [0.15, 0.2) is 11.6 Å². The summed E-state index contributed by atoms with van der Waals surface area (Å²) in [6.45, 7) is 2.35. The maximum Gasteiger partial charge on any atom is 0.316 e. The van der Waals surface area contributed by atoms with Gasteiger partial charge in [-0.25, -0.2) is 0 Å². The van der Waals surface area contributed by atoms with Gasteiger partial charge in [-0.3, -0.25) is 9.59 Å². The van der Waals surface area contributed by atoms with E-state index in [9.17, 15) is 9.59 Å². The summed E-state index contributed by atoms with van der Waals surface area (Å²) in [4.78, 5) is 22.6. The second-order valence-electron chi connectivity index (χ2n) is 3.76. The van der Waals surface area contributed by atoms with Crippen LogP contribution in [0.25, 0.3) is 0 Å². The lowest BCUT2D eigenvalue weighted by atomic mass is 9.72. The Bertz CT molecular complexity index is 303. The predicted octanol–water partition coefficient (Wildman–Crippen LogP) is 1.23. The minimum absolute atomic E-state index is 0.128. The molecule has 1 spiro atoms. The first-order chi connectivity index (χ1) is 6.15. The fourth-order valence-corrected chi connectivity index (χ4v) is 2.13. The molecule has 0 aromatic heterocycles. The van der Waals surface area contributed by atoms with E-state index in [0.29, 0.717) is 19.4 Å². The summed E-state index contributed by atoms with van der Waals surface area (Å²) in [7, 11) is 0. The van der Waals surface area contributed by atoms with Gasteiger partial charge in [0.15, 0.2) is 5.78 Å². The van der Waals surface area contributed by atoms with Gasteiger partial charge in [0.25, 0.3) is 0 Å². The quantitative estimate of drug-likeness (QED) is 0.526. The highest BCUT2D eigenvalue weighted by molar-refractivity contribution is 5.95. The number of carbonyl (C=O) groups is 2. The SMILES string of the molecule is CC1=CC(=O)CC[C@]12CCOC2=O. The highest BCUT2D eigenvalue weighted by Gasteiger charge is 2.47. The summed E-state index contributed by atoms with van der Waals surface area (Å²) >= 11 is 0. The zero-order valence-electron chi connectivity index (χ0n) is 7.63. The van der Waals surface area contributed by atoms with Crippen LogP contribution < -0.4 is 0 Å². The number of hydrogen-bond acceptors (Lipinski definition) is 3. The van der Waals surface area contributed by atoms with E-state index >= 15 is 0 Å². The molecule has 0 radical (unpaired) electrons. The number of cyclic esters (lactones) is 1. The maximum atomic E-state index is 11.5. The van der Waals surface area contributed by atoms with Crippen LogP contribution in [0.3, 0.4) is 0 Å². The van der Waals surface area contributed by atoms with Gasteiger partial charge in [-0.2, -0.15) is 0 Å². The van der Waals surface area contributed by atoms with E-state index in [-0.39, 0.29) is 11.8 Å². The Morgan fingerprint density at radius 1 is 1.38 bits per heavy atom. The van der Waals surface area contributed by atoms with Gasteiger partial charge in [-0.1, -0.05) is 5.57 Å². The number of ketones is 1. The van der Waals surface area contributed by atoms with Gasteiger partial charge < -0.3 is 4.74 Å². The minimum Gasteiger partial charge on any atom is -0.465 e. The van der Waals surface area contributed by atoms with Crippen molar-refractivity contribution < 1.29 is 14.3 Å². The summed E-state index contributed by atoms with van der Waals surface area (Å²) in [6.07, 6.45) is 3.44. The third-order valence-corrected chi connectivity index (χ3v) is 3.08. The summed E-state index contributed by atoms with van der Waals surface area (Å²) < 4.78 is 4.96. The lowest BCUT2D eigenvalue weighted by Crippen LogP contribution is -2.31. The Hall–Kier alpha value is -1.12. The first-order valence-electron chi connectivity index (χ1n) is 4.54. The molecule has 0 aromatic carbocycles. The fourth-order valence-electron chi connectivity index (χ4n) is 2.13. The van der Waals surface area contributed by atoms with Crippen LogP contribution in [0.2, 0.25) is 0 Å². The smallest absolute Gasteiger partial charge is 0.316 e. The molecule has 1 heterocycles. The average molecular weight is 180 g/mol. The molecule has 3 nitrogen and oxygen atoms in total. The highest BCUT2D eigenvalue weighted by atomic mass is 16.5. The molecule has 13 heavy (non-hydrogen) atoms. The van der Waals surface area contributed by atoms with Gasteiger partial charge >= 0.3 is 5.97 Å². The van der Waals surface area contributed by atoms with Crippen molar-refractivity contribution in [3.05, 3.63) is 11.6 Å². The first-order valence-corrected chi connectivity index (χ1v) is 4.54. The Morgan fingerprint density at radius 2 is 2.15 bits per heavy atom. The predicted molar refractivity (Wildman–Crippen MR) is 46.0 cm³/mol. The van der Waals surface area contributed by atoms with Crippen LogP contribution in [-0.4, -0.2) is 18.4 Å². The summed E-state index contributed by atoms with van der Waals surface area (Å²) in [5.74, 6) is -0.0171. The second-order valence-corrected chi connectivity index (χ2v) is 3.76. The Morgan fingerprint density at radius 3 is 2.69 bits per heavy atom. The van der Waals surface area contributed by atoms with Crippen LogP contribution in [0.1, 0.15) is 26.2 Å². The van der Waals surface area contributed by atoms with Gasteiger partial charge in [-0.15, -0.1) is 0 Å². The summed E-state index contributed by atoms with van der Waals surface area (Å²) in [6, 6.07) is 0. The Kier molecular flexibility index (Phi) is 1.75. The van der Waals surface area contributed by atoms with Crippen LogP contribution in [0.5, 0.6) is 0 Å². The van der Waals surface area contributed by atoms with Crippen LogP contribution in [0, 0.1) is 5.41 Å². The molecule has 1 aliphatic heterocycles. The van der Waals surface area contributed by atoms with E-state index < -0.39 is 5.41 Å². The molecule has 2 rings (SSSR count). The van der Waals surface area contributed by atoms with Crippen molar-refractivity contribution in [1.82, 2.24) is 0 Å². The lowest BCUT2D eigenvalue weighted by molar-refractivity contribution is -0.145. The normalized spacial score (nSPS) is 33.5. The molecule has 0 aromatic rings. The Balaban J connectivity index is 2.38. The third-order valence-electron chi connectivity index (χ3n) is 3.08. The van der Waals surface area contributed by atoms with Crippen LogP contribution >= 0.6 is 0 Å². The van der Waals surface area contributed by atoms with E-state index in [1.54, 1.807) is 6.08 Å². The van der Waals surface area contributed by atoms with E-state index in [0.717, 1.165) is 12.0 Å². The molecule has 3 heteroatoms. The lowest BCUT2D eigenvalue weighted by Gasteiger charge is -2.28. The summed E-state index contributed by atoms with van der Waals surface area (Å²) in [5, 5.41) is 0. The van der Waals surface area contributed by atoms with Crippen molar-refractivity contribution in [2.24, 2.45) is 5.41 Å². The molecule has 0 N–H and O–H groups in total. The van der Waals surface area contributed by atoms with Crippen molar-refractivity contribution in [3.63, 3.8) is 0 Å². The molecule has 0 saturated carbocycles. The molecule has 2 aliphatic rings. The number of ether oxygens (including phenoxy) is 1. The van der Waals surface area contributed by atoms with Crippen molar-refractivity contribution >= 4 is 11.8 Å². The van der Waals surface area contributed by atoms with Gasteiger partial charge in [0.2, 0.25) is 0 Å². The van der Waals surface area contributed by atoms with Gasteiger partial charge in [-0.05, 0) is 19.4 Å². The van der Waals surface area contributed by atoms with E-state index in [1.165, 1.54) is 0 Å². The van der Waals surface area contributed by atoms with Gasteiger partial charge in [0.05, 0.1) is 12.0 Å². The topological polar surface area (TPSA) is 43.4 Å². The van der Waals surface area contributed by atoms with E-state index in [2.05, 4.69) is 0 Å². The summed E-state index contributed by atoms with van der Waals surface area (Å²) in [5.41, 5.74) is 0.430. The zero-order chi connectivity index (χ0) is 9.47. The van der Waals surface area contributed by atoms with Crippen LogP contribution in [0.4, 0.5) is 0 Å². The Labute approximate surface area is 76.8 Å². The van der Waals surface area contributed by atoms with E-state index in [4.69, 9.17) is 4.74 Å². The largest absolute Gasteiger partial charge is 0.465 e. The fraction of sp³-hybridized carbons (Fsp3) is 0.600. The maximum absolute atomic E-state index is 11.5. The van der Waals surface area contributed by atoms with Gasteiger partial charge in [0.1, 0.15) is 0 Å². The van der Waals surface area contributed by atoms with Crippen molar-refractivity contribution in [1.29, 1.82) is 0 Å². The highest BCUT2D eigenvalue weighted by Crippen LogP contribution is 2.43. The molecular formula is C10H12O3. The molecule has 70 valence electrons. The molecule has 1 saturated heterocycles. The molecule has 0 unspecified atom stereocenters. The van der Waals surface area contributed by atoms with Crippen molar-refractivity contribution in [2.45, 2.75) is 26.2 Å². The number of carbonyl (C=O) groups excluding carboxylic acids is 2. The molecule has 1 atom stereocenters. The average Bonchev–Trinajstić information content (AvgIpc) is 2.43. The number of allylic oxidation sites excluding steroid dienone is 1. The van der Waals surface area contributed by atoms with Crippen LogP contribution in [-0.2, 0) is 14.3 Å². The monoisotopic (exact) mass is 180 g/mol. The zero-order valence-corrected chi connectivity index (χ0v) is 7.63. The molecule has 1 fully saturated rings.